The van der Waals surface area contributed by atoms with Gasteiger partial charge in [-0.25, -0.2) is 13.8 Å². The monoisotopic (exact) mass is 556 g/mol. The van der Waals surface area contributed by atoms with E-state index < -0.39 is 5.92 Å². The Balaban J connectivity index is 1.24. The molecule has 0 unspecified atom stereocenters. The van der Waals surface area contributed by atoms with Gasteiger partial charge >= 0.3 is 0 Å². The predicted molar refractivity (Wildman–Crippen MR) is 153 cm³/mol. The first-order valence-corrected chi connectivity index (χ1v) is 13.9. The lowest BCUT2D eigenvalue weighted by Gasteiger charge is -2.26. The van der Waals surface area contributed by atoms with Crippen molar-refractivity contribution in [1.82, 2.24) is 29.8 Å². The number of aromatic amines is 1. The molecular formula is C29H26F2N8S. The highest BCUT2D eigenvalue weighted by atomic mass is 32.1. The van der Waals surface area contributed by atoms with E-state index in [4.69, 9.17) is 15.0 Å². The van der Waals surface area contributed by atoms with Gasteiger partial charge in [0.1, 0.15) is 23.6 Å². The molecule has 0 saturated carbocycles. The highest BCUT2D eigenvalue weighted by Gasteiger charge is 2.38. The second-order valence-electron chi connectivity index (χ2n) is 10.4. The number of pyridine rings is 3. The number of imidazole rings is 1. The molecule has 0 aliphatic carbocycles. The number of halogens is 2. The smallest absolute Gasteiger partial charge is 0.261 e. The Morgan fingerprint density at radius 3 is 2.80 bits per heavy atom. The van der Waals surface area contributed by atoms with Crippen molar-refractivity contribution >= 4 is 33.8 Å². The molecule has 0 atom stereocenters. The molecule has 202 valence electrons. The first kappa shape index (κ1) is 24.9. The number of hydrogen-bond acceptors (Lipinski definition) is 8. The summed E-state index contributed by atoms with van der Waals surface area (Å²) in [5.41, 5.74) is 7.59. The Bertz CT molecular complexity index is 1780. The van der Waals surface area contributed by atoms with Gasteiger partial charge in [-0.2, -0.15) is 0 Å². The molecule has 40 heavy (non-hydrogen) atoms. The first-order valence-electron chi connectivity index (χ1n) is 13.1. The van der Waals surface area contributed by atoms with E-state index in [1.807, 2.05) is 36.3 Å². The molecule has 0 spiro atoms. The molecule has 0 radical (unpaired) electrons. The van der Waals surface area contributed by atoms with Crippen molar-refractivity contribution in [3.63, 3.8) is 0 Å². The average Bonchev–Trinajstić information content (AvgIpc) is 3.66. The minimum atomic E-state index is -2.62. The fourth-order valence-electron chi connectivity index (χ4n) is 5.34. The minimum absolute atomic E-state index is 0.103. The zero-order chi connectivity index (χ0) is 27.4. The van der Waals surface area contributed by atoms with E-state index in [9.17, 15) is 8.78 Å². The molecule has 1 saturated heterocycles. The summed E-state index contributed by atoms with van der Waals surface area (Å²) in [6.07, 6.45) is 7.02. The van der Waals surface area contributed by atoms with E-state index >= 15 is 0 Å². The Labute approximate surface area is 233 Å². The van der Waals surface area contributed by atoms with E-state index in [2.05, 4.69) is 34.0 Å². The number of alkyl halides is 2. The van der Waals surface area contributed by atoms with Gasteiger partial charge in [-0.1, -0.05) is 0 Å². The van der Waals surface area contributed by atoms with Crippen LogP contribution in [0.5, 0.6) is 0 Å². The summed E-state index contributed by atoms with van der Waals surface area (Å²) in [4.78, 5) is 33.1. The van der Waals surface area contributed by atoms with E-state index in [0.29, 0.717) is 25.6 Å². The Morgan fingerprint density at radius 2 is 2.00 bits per heavy atom. The molecule has 7 heterocycles. The Hall–Kier alpha value is -4.09. The molecule has 2 aliphatic rings. The van der Waals surface area contributed by atoms with Gasteiger partial charge in [0.15, 0.2) is 5.82 Å². The lowest BCUT2D eigenvalue weighted by Crippen LogP contribution is -2.27. The van der Waals surface area contributed by atoms with Gasteiger partial charge in [-0.15, -0.1) is 11.3 Å². The van der Waals surface area contributed by atoms with E-state index in [1.54, 1.807) is 34.8 Å². The van der Waals surface area contributed by atoms with Crippen LogP contribution in [-0.4, -0.2) is 68.3 Å². The molecule has 1 fully saturated rings. The second kappa shape index (κ2) is 9.53. The fourth-order valence-corrected chi connectivity index (χ4v) is 6.21. The number of fused-ring (bicyclic) bond motifs is 2. The number of hydrogen-bond donors (Lipinski definition) is 1. The number of anilines is 1. The van der Waals surface area contributed by atoms with Crippen LogP contribution in [0, 0.1) is 6.92 Å². The normalized spacial score (nSPS) is 16.9. The third kappa shape index (κ3) is 4.54. The molecule has 11 heteroatoms. The van der Waals surface area contributed by atoms with Gasteiger partial charge in [0.25, 0.3) is 5.92 Å². The van der Waals surface area contributed by atoms with Crippen LogP contribution in [0.15, 0.2) is 60.1 Å². The number of H-pyrrole nitrogens is 1. The third-order valence-corrected chi connectivity index (χ3v) is 8.34. The number of aryl methyl sites for hydroxylation is 1. The SMILES string of the molecule is Cc1ccc(-c2nccc3[nH]c(C4=NCN(C)c5cnc(-c6cncc(CN7CCC(F)(F)C7)c6)cc54)nc23)s1. The molecule has 8 nitrogen and oxygen atoms in total. The number of aliphatic imine (C=N–C) groups is 1. The van der Waals surface area contributed by atoms with E-state index in [0.717, 1.165) is 55.4 Å². The van der Waals surface area contributed by atoms with Gasteiger partial charge in [-0.05, 0) is 42.8 Å². The minimum Gasteiger partial charge on any atom is -0.353 e. The van der Waals surface area contributed by atoms with Gasteiger partial charge in [-0.3, -0.25) is 24.8 Å². The van der Waals surface area contributed by atoms with Crippen LogP contribution in [0.1, 0.15) is 28.2 Å². The first-order chi connectivity index (χ1) is 19.3. The number of likely N-dealkylation sites (tertiary alicyclic amines) is 1. The quantitative estimate of drug-likeness (QED) is 0.306. The zero-order valence-electron chi connectivity index (χ0n) is 22.0. The van der Waals surface area contributed by atoms with Crippen molar-refractivity contribution in [2.24, 2.45) is 4.99 Å². The molecule has 7 rings (SSSR count). The van der Waals surface area contributed by atoms with Crippen LogP contribution < -0.4 is 4.90 Å². The lowest BCUT2D eigenvalue weighted by atomic mass is 10.0. The maximum absolute atomic E-state index is 13.7. The van der Waals surface area contributed by atoms with E-state index in [-0.39, 0.29) is 13.0 Å². The predicted octanol–water partition coefficient (Wildman–Crippen LogP) is 5.54. The van der Waals surface area contributed by atoms with Gasteiger partial charge in [0.05, 0.1) is 34.5 Å². The van der Waals surface area contributed by atoms with Crippen LogP contribution >= 0.6 is 11.3 Å². The number of rotatable bonds is 5. The van der Waals surface area contributed by atoms with Gasteiger partial charge < -0.3 is 9.88 Å². The molecule has 2 aliphatic heterocycles. The molecule has 1 N–H and O–H groups in total. The van der Waals surface area contributed by atoms with Crippen LogP contribution in [0.25, 0.3) is 32.9 Å². The standard InChI is InChI=1S/C29H26F2N8S/c1-17-3-4-24(40-17)27-26-21(5-7-33-27)36-28(37-26)25-20-10-22(34-13-23(20)38(2)16-35-25)19-9-18(11-32-12-19)14-39-8-6-29(30,31)15-39/h3-5,7,9-13H,6,8,14-16H2,1-2H3,(H,36,37). The Morgan fingerprint density at radius 1 is 1.10 bits per heavy atom. The van der Waals surface area contributed by atoms with Crippen molar-refractivity contribution in [2.45, 2.75) is 25.8 Å². The van der Waals surface area contributed by atoms with Crippen molar-refractivity contribution in [2.75, 3.05) is 31.7 Å². The maximum Gasteiger partial charge on any atom is 0.261 e. The van der Waals surface area contributed by atoms with Crippen molar-refractivity contribution in [3.8, 4) is 21.8 Å². The summed E-state index contributed by atoms with van der Waals surface area (Å²) in [6.45, 7) is 3.14. The largest absolute Gasteiger partial charge is 0.353 e. The average molecular weight is 557 g/mol. The molecule has 0 amide bonds. The van der Waals surface area contributed by atoms with Crippen LogP contribution in [-0.2, 0) is 6.54 Å². The summed E-state index contributed by atoms with van der Waals surface area (Å²) in [5.74, 6) is -1.95. The molecule has 0 aromatic carbocycles. The fraction of sp³-hybridized carbons (Fsp3) is 0.276. The number of aromatic nitrogens is 5. The second-order valence-corrected chi connectivity index (χ2v) is 11.7. The van der Waals surface area contributed by atoms with Crippen LogP contribution in [0.2, 0.25) is 0 Å². The molecular weight excluding hydrogens is 530 g/mol. The number of nitrogens with zero attached hydrogens (tertiary/aromatic N) is 7. The zero-order valence-corrected chi connectivity index (χ0v) is 22.8. The summed E-state index contributed by atoms with van der Waals surface area (Å²) < 4.78 is 27.4. The van der Waals surface area contributed by atoms with Crippen LogP contribution in [0.3, 0.4) is 0 Å². The lowest BCUT2D eigenvalue weighted by molar-refractivity contribution is 0.0115. The number of nitrogens with one attached hydrogen (secondary N) is 1. The molecule has 0 bridgehead atoms. The summed E-state index contributed by atoms with van der Waals surface area (Å²) in [5, 5.41) is 0. The van der Waals surface area contributed by atoms with Gasteiger partial charge in [0, 0.05) is 61.2 Å². The highest BCUT2D eigenvalue weighted by molar-refractivity contribution is 7.15. The Kier molecular flexibility index (Phi) is 5.93. The summed E-state index contributed by atoms with van der Waals surface area (Å²) in [6, 6.07) is 10.1. The molecule has 5 aromatic heterocycles. The number of thiophene rings is 1. The van der Waals surface area contributed by atoms with Crippen molar-refractivity contribution in [1.29, 1.82) is 0 Å². The summed E-state index contributed by atoms with van der Waals surface area (Å²) in [7, 11) is 1.98. The third-order valence-electron chi connectivity index (χ3n) is 7.33. The van der Waals surface area contributed by atoms with Crippen molar-refractivity contribution in [3.05, 3.63) is 76.9 Å². The summed E-state index contributed by atoms with van der Waals surface area (Å²) >= 11 is 1.69. The maximum atomic E-state index is 13.7. The van der Waals surface area contributed by atoms with Gasteiger partial charge in [0.2, 0.25) is 0 Å². The molecule has 5 aromatic rings. The van der Waals surface area contributed by atoms with Crippen LogP contribution in [0.4, 0.5) is 14.5 Å². The highest BCUT2D eigenvalue weighted by Crippen LogP contribution is 2.34. The van der Waals surface area contributed by atoms with E-state index in [1.165, 1.54) is 4.88 Å². The topological polar surface area (TPSA) is 86.2 Å². The van der Waals surface area contributed by atoms with Crippen molar-refractivity contribution < 1.29 is 8.78 Å².